The number of halogens is 2. The molecule has 2 rings (SSSR count). The average molecular weight is 331 g/mol. The van der Waals surface area contributed by atoms with Crippen LogP contribution in [0.4, 0.5) is 8.78 Å². The Morgan fingerprint density at radius 3 is 2.35 bits per heavy atom. The van der Waals surface area contributed by atoms with Gasteiger partial charge in [0, 0.05) is 39.1 Å². The molecule has 2 aliphatic rings. The van der Waals surface area contributed by atoms with Gasteiger partial charge >= 0.3 is 0 Å². The van der Waals surface area contributed by atoms with Crippen molar-refractivity contribution < 1.29 is 13.6 Å². The van der Waals surface area contributed by atoms with Crippen LogP contribution >= 0.6 is 0 Å². The van der Waals surface area contributed by atoms with Crippen molar-refractivity contribution >= 4 is 5.91 Å². The molecule has 2 saturated heterocycles. The van der Waals surface area contributed by atoms with Crippen molar-refractivity contribution in [3.63, 3.8) is 0 Å². The van der Waals surface area contributed by atoms with Crippen LogP contribution in [0.25, 0.3) is 0 Å². The second-order valence-corrected chi connectivity index (χ2v) is 7.29. The summed E-state index contributed by atoms with van der Waals surface area (Å²) in [5.41, 5.74) is 0. The third-order valence-corrected chi connectivity index (χ3v) is 5.07. The van der Waals surface area contributed by atoms with Crippen LogP contribution in [0, 0.1) is 5.92 Å². The number of piperazine rings is 1. The molecule has 2 fully saturated rings. The van der Waals surface area contributed by atoms with Gasteiger partial charge in [0.2, 0.25) is 5.91 Å². The number of piperidine rings is 1. The molecular formula is C17H31F2N3O. The molecule has 0 saturated carbocycles. The number of amides is 1. The van der Waals surface area contributed by atoms with Crippen molar-refractivity contribution in [2.45, 2.75) is 52.0 Å². The number of hydrogen-bond acceptors (Lipinski definition) is 3. The summed E-state index contributed by atoms with van der Waals surface area (Å²) in [6.45, 7) is 9.78. The molecule has 0 aromatic heterocycles. The van der Waals surface area contributed by atoms with Gasteiger partial charge in [0.05, 0.1) is 12.6 Å². The smallest absolute Gasteiger partial charge is 0.275 e. The van der Waals surface area contributed by atoms with Crippen LogP contribution < -0.4 is 0 Å². The van der Waals surface area contributed by atoms with Crippen LogP contribution in [0.1, 0.15) is 40.0 Å². The number of nitrogens with zero attached hydrogens (tertiary/aromatic N) is 3. The highest BCUT2D eigenvalue weighted by Crippen LogP contribution is 2.32. The molecule has 1 unspecified atom stereocenters. The van der Waals surface area contributed by atoms with Gasteiger partial charge in [-0.2, -0.15) is 0 Å². The molecule has 6 heteroatoms. The average Bonchev–Trinajstić information content (AvgIpc) is 2.51. The maximum atomic E-state index is 14.6. The lowest BCUT2D eigenvalue weighted by Gasteiger charge is -2.46. The Morgan fingerprint density at radius 1 is 1.17 bits per heavy atom. The van der Waals surface area contributed by atoms with Crippen LogP contribution in [0.5, 0.6) is 0 Å². The van der Waals surface area contributed by atoms with Crippen molar-refractivity contribution in [3.05, 3.63) is 0 Å². The Bertz CT molecular complexity index is 395. The van der Waals surface area contributed by atoms with E-state index in [0.717, 1.165) is 19.5 Å². The molecule has 2 heterocycles. The molecule has 134 valence electrons. The van der Waals surface area contributed by atoms with E-state index in [1.807, 2.05) is 16.7 Å². The van der Waals surface area contributed by atoms with E-state index in [2.05, 4.69) is 13.8 Å². The first kappa shape index (κ1) is 18.6. The Labute approximate surface area is 138 Å². The van der Waals surface area contributed by atoms with E-state index in [9.17, 15) is 13.6 Å². The van der Waals surface area contributed by atoms with E-state index in [4.69, 9.17) is 0 Å². The lowest BCUT2D eigenvalue weighted by Crippen LogP contribution is -2.62. The molecule has 0 aromatic rings. The van der Waals surface area contributed by atoms with Gasteiger partial charge in [-0.3, -0.25) is 14.6 Å². The van der Waals surface area contributed by atoms with Gasteiger partial charge in [0.15, 0.2) is 0 Å². The third-order valence-electron chi connectivity index (χ3n) is 5.07. The van der Waals surface area contributed by atoms with Gasteiger partial charge in [-0.15, -0.1) is 0 Å². The first-order chi connectivity index (χ1) is 10.8. The van der Waals surface area contributed by atoms with Crippen molar-refractivity contribution in [1.82, 2.24) is 14.7 Å². The maximum absolute atomic E-state index is 14.6. The molecule has 1 amide bonds. The minimum Gasteiger partial charge on any atom is -0.340 e. The molecular weight excluding hydrogens is 300 g/mol. The van der Waals surface area contributed by atoms with Gasteiger partial charge < -0.3 is 4.90 Å². The fourth-order valence-electron chi connectivity index (χ4n) is 3.59. The van der Waals surface area contributed by atoms with E-state index in [1.165, 1.54) is 0 Å². The minimum atomic E-state index is -2.66. The molecule has 0 aromatic carbocycles. The zero-order valence-electron chi connectivity index (χ0n) is 14.7. The molecule has 4 nitrogen and oxygen atoms in total. The standard InChI is InChI=1S/C17H31F2N3O/c1-4-16(23)22-11-9-21(10-12-22)15-6-8-20(7-5-14(2)3)13-17(15,18)19/h14-15H,4-13H2,1-3H3. The van der Waals surface area contributed by atoms with E-state index in [-0.39, 0.29) is 12.5 Å². The first-order valence-corrected chi connectivity index (χ1v) is 8.95. The summed E-state index contributed by atoms with van der Waals surface area (Å²) in [6.07, 6.45) is 1.98. The second-order valence-electron chi connectivity index (χ2n) is 7.29. The Morgan fingerprint density at radius 2 is 1.83 bits per heavy atom. The van der Waals surface area contributed by atoms with Gasteiger partial charge in [-0.05, 0) is 25.3 Å². The van der Waals surface area contributed by atoms with Crippen molar-refractivity contribution in [2.24, 2.45) is 5.92 Å². The van der Waals surface area contributed by atoms with Crippen LogP contribution in [0.3, 0.4) is 0 Å². The highest BCUT2D eigenvalue weighted by atomic mass is 19.3. The van der Waals surface area contributed by atoms with Crippen molar-refractivity contribution in [3.8, 4) is 0 Å². The van der Waals surface area contributed by atoms with E-state index in [0.29, 0.717) is 44.9 Å². The number of rotatable bonds is 5. The number of carbonyl (C=O) groups excluding carboxylic acids is 1. The predicted octanol–water partition coefficient (Wildman–Crippen LogP) is 2.30. The van der Waals surface area contributed by atoms with Gasteiger partial charge in [-0.25, -0.2) is 8.78 Å². The van der Waals surface area contributed by atoms with E-state index in [1.54, 1.807) is 4.90 Å². The normalized spacial score (nSPS) is 26.7. The summed E-state index contributed by atoms with van der Waals surface area (Å²) in [5.74, 6) is -1.99. The largest absolute Gasteiger partial charge is 0.340 e. The van der Waals surface area contributed by atoms with Gasteiger partial charge in [0.1, 0.15) is 0 Å². The molecule has 0 radical (unpaired) electrons. The molecule has 0 bridgehead atoms. The molecule has 0 N–H and O–H groups in total. The summed E-state index contributed by atoms with van der Waals surface area (Å²) in [7, 11) is 0. The lowest BCUT2D eigenvalue weighted by atomic mass is 9.97. The Kier molecular flexibility index (Phi) is 6.37. The number of alkyl halides is 2. The highest BCUT2D eigenvalue weighted by molar-refractivity contribution is 5.75. The van der Waals surface area contributed by atoms with E-state index >= 15 is 0 Å². The highest BCUT2D eigenvalue weighted by Gasteiger charge is 2.47. The van der Waals surface area contributed by atoms with Gasteiger partial charge in [-0.1, -0.05) is 20.8 Å². The second kappa shape index (κ2) is 7.88. The summed E-state index contributed by atoms with van der Waals surface area (Å²) < 4.78 is 29.2. The first-order valence-electron chi connectivity index (χ1n) is 8.95. The quantitative estimate of drug-likeness (QED) is 0.773. The molecule has 2 aliphatic heterocycles. The summed E-state index contributed by atoms with van der Waals surface area (Å²) in [6, 6.07) is -0.670. The lowest BCUT2D eigenvalue weighted by molar-refractivity contribution is -0.143. The van der Waals surface area contributed by atoms with Crippen molar-refractivity contribution in [2.75, 3.05) is 45.8 Å². The molecule has 23 heavy (non-hydrogen) atoms. The monoisotopic (exact) mass is 331 g/mol. The zero-order valence-corrected chi connectivity index (χ0v) is 14.7. The third kappa shape index (κ3) is 4.86. The topological polar surface area (TPSA) is 26.8 Å². The maximum Gasteiger partial charge on any atom is 0.275 e. The van der Waals surface area contributed by atoms with Crippen LogP contribution in [-0.4, -0.2) is 78.4 Å². The fourth-order valence-corrected chi connectivity index (χ4v) is 3.59. The number of carbonyl (C=O) groups is 1. The Balaban J connectivity index is 1.86. The SMILES string of the molecule is CCC(=O)N1CCN(C2CCN(CCC(C)C)CC2(F)F)CC1. The van der Waals surface area contributed by atoms with Crippen molar-refractivity contribution in [1.29, 1.82) is 0 Å². The Hall–Kier alpha value is -0.750. The zero-order chi connectivity index (χ0) is 17.0. The van der Waals surface area contributed by atoms with E-state index < -0.39 is 12.0 Å². The summed E-state index contributed by atoms with van der Waals surface area (Å²) in [5, 5.41) is 0. The minimum absolute atomic E-state index is 0.125. The van der Waals surface area contributed by atoms with Gasteiger partial charge in [0.25, 0.3) is 5.92 Å². The molecule has 0 spiro atoms. The summed E-state index contributed by atoms with van der Waals surface area (Å²) >= 11 is 0. The molecule has 1 atom stereocenters. The fraction of sp³-hybridized carbons (Fsp3) is 0.941. The molecule has 0 aliphatic carbocycles. The summed E-state index contributed by atoms with van der Waals surface area (Å²) in [4.78, 5) is 17.3. The number of likely N-dealkylation sites (tertiary alicyclic amines) is 1. The van der Waals surface area contributed by atoms with Crippen LogP contribution in [0.2, 0.25) is 0 Å². The number of hydrogen-bond donors (Lipinski definition) is 0. The predicted molar refractivity (Wildman–Crippen MR) is 87.7 cm³/mol. The van der Waals surface area contributed by atoms with Crippen LogP contribution in [-0.2, 0) is 4.79 Å². The van der Waals surface area contributed by atoms with Crippen LogP contribution in [0.15, 0.2) is 0 Å².